The van der Waals surface area contributed by atoms with Gasteiger partial charge in [-0.15, -0.1) is 0 Å². The van der Waals surface area contributed by atoms with Crippen LogP contribution < -0.4 is 10.6 Å². The molecule has 7 heteroatoms. The van der Waals surface area contributed by atoms with Crippen LogP contribution in [0.3, 0.4) is 0 Å². The fraction of sp³-hybridized carbons (Fsp3) is 0.769. The smallest absolute Gasteiger partial charge is 0.331 e. The maximum atomic E-state index is 11.7. The fourth-order valence-corrected chi connectivity index (χ4v) is 1.92. The molecule has 1 aliphatic rings. The van der Waals surface area contributed by atoms with Gasteiger partial charge in [-0.1, -0.05) is 20.8 Å². The largest absolute Gasteiger partial charge is 0.479 e. The Labute approximate surface area is 118 Å². The highest BCUT2D eigenvalue weighted by atomic mass is 16.5. The minimum Gasteiger partial charge on any atom is -0.479 e. The standard InChI is InChI=1S/C13H22N2O5/c1-12(2,3)6-9(16)14-7-10(17)15-13(11(18)19)4-5-20-8-13/h4-8H2,1-3H3,(H,14,16)(H,15,17)(H,18,19). The van der Waals surface area contributed by atoms with E-state index in [1.54, 1.807) is 0 Å². The maximum Gasteiger partial charge on any atom is 0.331 e. The third-order valence-electron chi connectivity index (χ3n) is 2.95. The predicted molar refractivity (Wildman–Crippen MR) is 71.0 cm³/mol. The second-order valence-corrected chi connectivity index (χ2v) is 6.25. The van der Waals surface area contributed by atoms with Gasteiger partial charge in [0.25, 0.3) is 0 Å². The van der Waals surface area contributed by atoms with E-state index in [9.17, 15) is 14.4 Å². The Balaban J connectivity index is 2.44. The molecule has 1 unspecified atom stereocenters. The maximum absolute atomic E-state index is 11.7. The van der Waals surface area contributed by atoms with Crippen molar-refractivity contribution in [3.63, 3.8) is 0 Å². The minimum atomic E-state index is -1.37. The Kier molecular flexibility index (Phi) is 5.10. The van der Waals surface area contributed by atoms with Crippen molar-refractivity contribution in [2.24, 2.45) is 5.41 Å². The average molecular weight is 286 g/mol. The van der Waals surface area contributed by atoms with Gasteiger partial charge in [0.2, 0.25) is 11.8 Å². The number of carbonyl (C=O) groups is 3. The molecule has 0 aromatic carbocycles. The molecule has 1 atom stereocenters. The molecule has 0 radical (unpaired) electrons. The van der Waals surface area contributed by atoms with E-state index >= 15 is 0 Å². The summed E-state index contributed by atoms with van der Waals surface area (Å²) >= 11 is 0. The number of carboxylic acids is 1. The van der Waals surface area contributed by atoms with Crippen molar-refractivity contribution in [1.29, 1.82) is 0 Å². The normalized spacial score (nSPS) is 22.4. The molecule has 0 spiro atoms. The highest BCUT2D eigenvalue weighted by molar-refractivity contribution is 5.90. The molecular weight excluding hydrogens is 264 g/mol. The average Bonchev–Trinajstić information content (AvgIpc) is 2.74. The van der Waals surface area contributed by atoms with Crippen molar-refractivity contribution < 1.29 is 24.2 Å². The number of carbonyl (C=O) groups excluding carboxylic acids is 2. The van der Waals surface area contributed by atoms with Gasteiger partial charge in [0.05, 0.1) is 13.2 Å². The number of amides is 2. The van der Waals surface area contributed by atoms with Gasteiger partial charge in [-0.3, -0.25) is 9.59 Å². The van der Waals surface area contributed by atoms with Gasteiger partial charge in [0, 0.05) is 19.4 Å². The SMILES string of the molecule is CC(C)(C)CC(=O)NCC(=O)NC1(C(=O)O)CCOC1. The predicted octanol–water partition coefficient (Wildman–Crippen LogP) is -0.101. The number of carboxylic acid groups (broad SMARTS) is 1. The van der Waals surface area contributed by atoms with Crippen molar-refractivity contribution in [3.8, 4) is 0 Å². The summed E-state index contributed by atoms with van der Waals surface area (Å²) in [7, 11) is 0. The van der Waals surface area contributed by atoms with Crippen molar-refractivity contribution in [1.82, 2.24) is 10.6 Å². The Bertz CT molecular complexity index is 394. The monoisotopic (exact) mass is 286 g/mol. The third-order valence-corrected chi connectivity index (χ3v) is 2.95. The second kappa shape index (κ2) is 6.21. The van der Waals surface area contributed by atoms with Crippen LogP contribution in [0.5, 0.6) is 0 Å². The molecule has 7 nitrogen and oxygen atoms in total. The molecule has 1 saturated heterocycles. The second-order valence-electron chi connectivity index (χ2n) is 6.25. The highest BCUT2D eigenvalue weighted by Gasteiger charge is 2.43. The van der Waals surface area contributed by atoms with Crippen LogP contribution in [0.15, 0.2) is 0 Å². The first-order valence-electron chi connectivity index (χ1n) is 6.53. The van der Waals surface area contributed by atoms with Crippen molar-refractivity contribution in [2.75, 3.05) is 19.8 Å². The number of aliphatic carboxylic acids is 1. The van der Waals surface area contributed by atoms with Crippen LogP contribution in [0.2, 0.25) is 0 Å². The van der Waals surface area contributed by atoms with Gasteiger partial charge in [0.15, 0.2) is 5.54 Å². The molecule has 1 rings (SSSR count). The van der Waals surface area contributed by atoms with E-state index in [1.165, 1.54) is 0 Å². The van der Waals surface area contributed by atoms with Crippen LogP contribution in [0.1, 0.15) is 33.6 Å². The van der Waals surface area contributed by atoms with Crippen LogP contribution >= 0.6 is 0 Å². The van der Waals surface area contributed by atoms with Gasteiger partial charge in [-0.2, -0.15) is 0 Å². The Morgan fingerprint density at radius 3 is 2.35 bits per heavy atom. The summed E-state index contributed by atoms with van der Waals surface area (Å²) in [5, 5.41) is 14.1. The first-order valence-corrected chi connectivity index (χ1v) is 6.53. The molecule has 114 valence electrons. The molecule has 0 aromatic rings. The lowest BCUT2D eigenvalue weighted by molar-refractivity contribution is -0.147. The van der Waals surface area contributed by atoms with Gasteiger partial charge < -0.3 is 20.5 Å². The van der Waals surface area contributed by atoms with Gasteiger partial charge >= 0.3 is 5.97 Å². The van der Waals surface area contributed by atoms with Gasteiger partial charge in [0.1, 0.15) is 0 Å². The number of nitrogens with one attached hydrogen (secondary N) is 2. The topological polar surface area (TPSA) is 105 Å². The summed E-state index contributed by atoms with van der Waals surface area (Å²) < 4.78 is 5.03. The Morgan fingerprint density at radius 1 is 1.25 bits per heavy atom. The molecule has 3 N–H and O–H groups in total. The number of hydrogen-bond acceptors (Lipinski definition) is 4. The molecule has 0 bridgehead atoms. The van der Waals surface area contributed by atoms with Crippen molar-refractivity contribution >= 4 is 17.8 Å². The number of ether oxygens (including phenoxy) is 1. The van der Waals surface area contributed by atoms with E-state index < -0.39 is 17.4 Å². The molecule has 0 aromatic heterocycles. The fourth-order valence-electron chi connectivity index (χ4n) is 1.92. The first-order chi connectivity index (χ1) is 9.15. The van der Waals surface area contributed by atoms with E-state index in [0.29, 0.717) is 13.0 Å². The molecule has 2 amide bonds. The Morgan fingerprint density at radius 2 is 1.90 bits per heavy atom. The molecule has 1 heterocycles. The molecule has 0 saturated carbocycles. The van der Waals surface area contributed by atoms with Crippen LogP contribution in [-0.4, -0.2) is 48.2 Å². The van der Waals surface area contributed by atoms with E-state index in [0.717, 1.165) is 0 Å². The third kappa shape index (κ3) is 4.80. The minimum absolute atomic E-state index is 0.0516. The molecule has 0 aliphatic carbocycles. The summed E-state index contributed by atoms with van der Waals surface area (Å²) in [6, 6.07) is 0. The van der Waals surface area contributed by atoms with E-state index in [1.807, 2.05) is 20.8 Å². The quantitative estimate of drug-likeness (QED) is 0.654. The van der Waals surface area contributed by atoms with Crippen LogP contribution in [0, 0.1) is 5.41 Å². The summed E-state index contributed by atoms with van der Waals surface area (Å²) in [5.41, 5.74) is -1.53. The first kappa shape index (κ1) is 16.4. The van der Waals surface area contributed by atoms with Crippen molar-refractivity contribution in [3.05, 3.63) is 0 Å². The zero-order valence-electron chi connectivity index (χ0n) is 12.1. The van der Waals surface area contributed by atoms with Crippen molar-refractivity contribution in [2.45, 2.75) is 39.2 Å². The van der Waals surface area contributed by atoms with Gasteiger partial charge in [-0.25, -0.2) is 4.79 Å². The summed E-state index contributed by atoms with van der Waals surface area (Å²) in [6.07, 6.45) is 0.525. The molecular formula is C13H22N2O5. The van der Waals surface area contributed by atoms with Crippen LogP contribution in [0.4, 0.5) is 0 Å². The van der Waals surface area contributed by atoms with E-state index in [2.05, 4.69) is 10.6 Å². The highest BCUT2D eigenvalue weighted by Crippen LogP contribution is 2.19. The summed E-state index contributed by atoms with van der Waals surface area (Å²) in [4.78, 5) is 34.5. The van der Waals surface area contributed by atoms with Crippen LogP contribution in [-0.2, 0) is 19.1 Å². The zero-order valence-corrected chi connectivity index (χ0v) is 12.1. The van der Waals surface area contributed by atoms with Gasteiger partial charge in [-0.05, 0) is 5.41 Å². The summed E-state index contributed by atoms with van der Waals surface area (Å²) in [6.45, 7) is 5.77. The Hall–Kier alpha value is -1.63. The molecule has 1 aliphatic heterocycles. The lowest BCUT2D eigenvalue weighted by Crippen LogP contribution is -2.57. The molecule has 1 fully saturated rings. The van der Waals surface area contributed by atoms with E-state index in [4.69, 9.17) is 9.84 Å². The number of rotatable bonds is 5. The lowest BCUT2D eigenvalue weighted by Gasteiger charge is -2.24. The molecule has 20 heavy (non-hydrogen) atoms. The lowest BCUT2D eigenvalue weighted by atomic mass is 9.92. The summed E-state index contributed by atoms with van der Waals surface area (Å²) in [5.74, 6) is -1.88. The van der Waals surface area contributed by atoms with E-state index in [-0.39, 0.29) is 30.9 Å². The zero-order chi connectivity index (χ0) is 15.4. The van der Waals surface area contributed by atoms with Crippen LogP contribution in [0.25, 0.3) is 0 Å². The number of hydrogen-bond donors (Lipinski definition) is 3.